The normalized spacial score (nSPS) is 12.4. The third-order valence-corrected chi connectivity index (χ3v) is 3.77. The Balaban J connectivity index is 2.52. The molecule has 0 amide bonds. The lowest BCUT2D eigenvalue weighted by molar-refractivity contribution is 0.521. The van der Waals surface area contributed by atoms with Gasteiger partial charge in [-0.15, -0.1) is 0 Å². The van der Waals surface area contributed by atoms with Gasteiger partial charge in [-0.25, -0.2) is 8.78 Å². The summed E-state index contributed by atoms with van der Waals surface area (Å²) in [7, 11) is 1.70. The van der Waals surface area contributed by atoms with Crippen molar-refractivity contribution in [1.29, 1.82) is 0 Å². The van der Waals surface area contributed by atoms with E-state index in [-0.39, 0.29) is 5.56 Å². The smallest absolute Gasteiger partial charge is 0.132 e. The number of aryl methyl sites for hydroxylation is 1. The van der Waals surface area contributed by atoms with Gasteiger partial charge in [-0.1, -0.05) is 47.1 Å². The molecule has 0 aromatic heterocycles. The van der Waals surface area contributed by atoms with E-state index in [1.165, 1.54) is 12.1 Å². The molecule has 1 nitrogen and oxygen atoms in total. The highest BCUT2D eigenvalue weighted by molar-refractivity contribution is 9.10. The Morgan fingerprint density at radius 3 is 2.35 bits per heavy atom. The van der Waals surface area contributed by atoms with Gasteiger partial charge >= 0.3 is 0 Å². The molecular weight excluding hydrogens is 324 g/mol. The number of benzene rings is 2. The van der Waals surface area contributed by atoms with E-state index in [1.807, 2.05) is 31.2 Å². The Hall–Kier alpha value is -1.26. The maximum Gasteiger partial charge on any atom is 0.132 e. The van der Waals surface area contributed by atoms with Gasteiger partial charge in [-0.3, -0.25) is 0 Å². The van der Waals surface area contributed by atoms with Gasteiger partial charge in [0.1, 0.15) is 11.6 Å². The zero-order chi connectivity index (χ0) is 14.7. The predicted molar refractivity (Wildman–Crippen MR) is 80.8 cm³/mol. The molecule has 0 bridgehead atoms. The van der Waals surface area contributed by atoms with E-state index in [0.29, 0.717) is 4.47 Å². The summed E-state index contributed by atoms with van der Waals surface area (Å²) in [4.78, 5) is 0. The monoisotopic (exact) mass is 339 g/mol. The molecule has 0 radical (unpaired) electrons. The Kier molecular flexibility index (Phi) is 4.89. The first-order chi connectivity index (χ1) is 9.56. The maximum atomic E-state index is 14.1. The first-order valence-corrected chi connectivity index (χ1v) is 7.26. The maximum absolute atomic E-state index is 14.1. The van der Waals surface area contributed by atoms with Crippen molar-refractivity contribution in [1.82, 2.24) is 5.32 Å². The topological polar surface area (TPSA) is 12.0 Å². The Bertz CT molecular complexity index is 590. The SMILES string of the molecule is CCc1cccc(C(NC)c2c(F)cc(Br)cc2F)c1. The average molecular weight is 340 g/mol. The van der Waals surface area contributed by atoms with Crippen LogP contribution in [0.15, 0.2) is 40.9 Å². The standard InChI is InChI=1S/C16H16BrF2N/c1-3-10-5-4-6-11(7-10)16(20-2)15-13(18)8-12(17)9-14(15)19/h4-9,16,20H,3H2,1-2H3. The molecule has 0 fully saturated rings. The van der Waals surface area contributed by atoms with Crippen LogP contribution in [0.5, 0.6) is 0 Å². The van der Waals surface area contributed by atoms with Crippen molar-refractivity contribution < 1.29 is 8.78 Å². The van der Waals surface area contributed by atoms with Crippen molar-refractivity contribution in [3.05, 3.63) is 69.2 Å². The molecule has 0 heterocycles. The Labute approximate surface area is 126 Å². The third kappa shape index (κ3) is 3.07. The number of halogens is 3. The molecular formula is C16H16BrF2N. The van der Waals surface area contributed by atoms with Crippen LogP contribution in [-0.2, 0) is 6.42 Å². The lowest BCUT2D eigenvalue weighted by atomic mass is 9.96. The molecule has 0 aliphatic carbocycles. The first kappa shape index (κ1) is 15.1. The van der Waals surface area contributed by atoms with Crippen LogP contribution >= 0.6 is 15.9 Å². The molecule has 0 aliphatic heterocycles. The summed E-state index contributed by atoms with van der Waals surface area (Å²) >= 11 is 3.10. The average Bonchev–Trinajstić information content (AvgIpc) is 2.42. The predicted octanol–water partition coefficient (Wildman–Crippen LogP) is 4.60. The van der Waals surface area contributed by atoms with Crippen molar-refractivity contribution in [2.75, 3.05) is 7.05 Å². The quantitative estimate of drug-likeness (QED) is 0.858. The third-order valence-electron chi connectivity index (χ3n) is 3.31. The molecule has 2 aromatic rings. The highest BCUT2D eigenvalue weighted by atomic mass is 79.9. The van der Waals surface area contributed by atoms with Crippen LogP contribution in [0.25, 0.3) is 0 Å². The van der Waals surface area contributed by atoms with Crippen molar-refractivity contribution in [3.63, 3.8) is 0 Å². The zero-order valence-corrected chi connectivity index (χ0v) is 13.0. The second kappa shape index (κ2) is 6.46. The fourth-order valence-corrected chi connectivity index (χ4v) is 2.70. The molecule has 2 aromatic carbocycles. The largest absolute Gasteiger partial charge is 0.309 e. The van der Waals surface area contributed by atoms with Gasteiger partial charge in [0.15, 0.2) is 0 Å². The van der Waals surface area contributed by atoms with Gasteiger partial charge in [0.05, 0.1) is 6.04 Å². The first-order valence-electron chi connectivity index (χ1n) is 6.47. The molecule has 0 saturated heterocycles. The van der Waals surface area contributed by atoms with E-state index < -0.39 is 17.7 Å². The van der Waals surface area contributed by atoms with Crippen LogP contribution in [0, 0.1) is 11.6 Å². The van der Waals surface area contributed by atoms with Crippen LogP contribution in [0.3, 0.4) is 0 Å². The molecule has 0 spiro atoms. The minimum atomic E-state index is -0.557. The molecule has 106 valence electrons. The van der Waals surface area contributed by atoms with E-state index in [2.05, 4.69) is 21.2 Å². The van der Waals surface area contributed by atoms with Gasteiger partial charge in [-0.05, 0) is 36.7 Å². The van der Waals surface area contributed by atoms with Crippen LogP contribution in [0.2, 0.25) is 0 Å². The number of nitrogens with one attached hydrogen (secondary N) is 1. The van der Waals surface area contributed by atoms with E-state index in [9.17, 15) is 8.78 Å². The summed E-state index contributed by atoms with van der Waals surface area (Å²) in [6.45, 7) is 2.05. The Morgan fingerprint density at radius 2 is 1.80 bits per heavy atom. The Morgan fingerprint density at radius 1 is 1.15 bits per heavy atom. The lowest BCUT2D eigenvalue weighted by Crippen LogP contribution is -2.20. The van der Waals surface area contributed by atoms with Gasteiger partial charge in [0.25, 0.3) is 0 Å². The summed E-state index contributed by atoms with van der Waals surface area (Å²) < 4.78 is 28.6. The van der Waals surface area contributed by atoms with E-state index in [1.54, 1.807) is 7.05 Å². The molecule has 0 saturated carbocycles. The van der Waals surface area contributed by atoms with Gasteiger partial charge in [-0.2, -0.15) is 0 Å². The second-order valence-electron chi connectivity index (χ2n) is 4.60. The van der Waals surface area contributed by atoms with Crippen LogP contribution < -0.4 is 5.32 Å². The molecule has 2 rings (SSSR count). The van der Waals surface area contributed by atoms with Gasteiger partial charge in [0, 0.05) is 10.0 Å². The van der Waals surface area contributed by atoms with Crippen molar-refractivity contribution in [2.45, 2.75) is 19.4 Å². The number of hydrogen-bond acceptors (Lipinski definition) is 1. The van der Waals surface area contributed by atoms with Crippen molar-refractivity contribution in [2.24, 2.45) is 0 Å². The molecule has 0 aliphatic rings. The molecule has 4 heteroatoms. The summed E-state index contributed by atoms with van der Waals surface area (Å²) in [5.74, 6) is -1.11. The zero-order valence-electron chi connectivity index (χ0n) is 11.4. The highest BCUT2D eigenvalue weighted by Crippen LogP contribution is 2.29. The van der Waals surface area contributed by atoms with Crippen LogP contribution in [0.4, 0.5) is 8.78 Å². The molecule has 1 unspecified atom stereocenters. The van der Waals surface area contributed by atoms with Gasteiger partial charge in [0.2, 0.25) is 0 Å². The van der Waals surface area contributed by atoms with Gasteiger partial charge < -0.3 is 5.32 Å². The molecule has 1 N–H and O–H groups in total. The van der Waals surface area contributed by atoms with Crippen LogP contribution in [0.1, 0.15) is 29.7 Å². The fraction of sp³-hybridized carbons (Fsp3) is 0.250. The van der Waals surface area contributed by atoms with Crippen molar-refractivity contribution in [3.8, 4) is 0 Å². The van der Waals surface area contributed by atoms with E-state index in [4.69, 9.17) is 0 Å². The van der Waals surface area contributed by atoms with Crippen molar-refractivity contribution >= 4 is 15.9 Å². The lowest BCUT2D eigenvalue weighted by Gasteiger charge is -2.19. The molecule has 1 atom stereocenters. The summed E-state index contributed by atoms with van der Waals surface area (Å²) in [5, 5.41) is 2.99. The summed E-state index contributed by atoms with van der Waals surface area (Å²) in [5.41, 5.74) is 2.04. The highest BCUT2D eigenvalue weighted by Gasteiger charge is 2.21. The minimum Gasteiger partial charge on any atom is -0.309 e. The van der Waals surface area contributed by atoms with E-state index >= 15 is 0 Å². The number of hydrogen-bond donors (Lipinski definition) is 1. The van der Waals surface area contributed by atoms with E-state index in [0.717, 1.165) is 17.5 Å². The summed E-state index contributed by atoms with van der Waals surface area (Å²) in [6.07, 6.45) is 0.885. The number of rotatable bonds is 4. The molecule has 20 heavy (non-hydrogen) atoms. The summed E-state index contributed by atoms with van der Waals surface area (Å²) in [6, 6.07) is 9.83. The second-order valence-corrected chi connectivity index (χ2v) is 5.52. The fourth-order valence-electron chi connectivity index (χ4n) is 2.30. The minimum absolute atomic E-state index is 0.0453. The van der Waals surface area contributed by atoms with Crippen LogP contribution in [-0.4, -0.2) is 7.05 Å².